The summed E-state index contributed by atoms with van der Waals surface area (Å²) in [5, 5.41) is 9.51. The third-order valence-corrected chi connectivity index (χ3v) is 5.15. The van der Waals surface area contributed by atoms with Gasteiger partial charge in [0.1, 0.15) is 30.8 Å². The number of halogens is 3. The van der Waals surface area contributed by atoms with E-state index in [-0.39, 0.29) is 29.4 Å². The minimum atomic E-state index is -4.43. The Labute approximate surface area is 198 Å². The van der Waals surface area contributed by atoms with Gasteiger partial charge in [-0.25, -0.2) is 19.9 Å². The van der Waals surface area contributed by atoms with Crippen molar-refractivity contribution in [3.05, 3.63) is 43.1 Å². The maximum atomic E-state index is 13.0. The van der Waals surface area contributed by atoms with Crippen molar-refractivity contribution in [3.8, 4) is 17.1 Å². The molecule has 35 heavy (non-hydrogen) atoms. The summed E-state index contributed by atoms with van der Waals surface area (Å²) in [4.78, 5) is 21.5. The van der Waals surface area contributed by atoms with Gasteiger partial charge in [-0.05, 0) is 38.0 Å². The van der Waals surface area contributed by atoms with Crippen LogP contribution in [0.1, 0.15) is 19.8 Å². The predicted octanol–water partition coefficient (Wildman–Crippen LogP) is 3.69. The largest absolute Gasteiger partial charge is 0.474 e. The van der Waals surface area contributed by atoms with E-state index in [4.69, 9.17) is 4.74 Å². The molecule has 182 valence electrons. The lowest BCUT2D eigenvalue weighted by Gasteiger charge is -2.16. The van der Waals surface area contributed by atoms with Gasteiger partial charge in [0, 0.05) is 23.9 Å². The van der Waals surface area contributed by atoms with E-state index in [0.29, 0.717) is 29.2 Å². The Morgan fingerprint density at radius 1 is 1.14 bits per heavy atom. The van der Waals surface area contributed by atoms with Crippen molar-refractivity contribution in [3.63, 3.8) is 0 Å². The van der Waals surface area contributed by atoms with Gasteiger partial charge < -0.3 is 15.4 Å². The van der Waals surface area contributed by atoms with E-state index in [1.807, 2.05) is 13.0 Å². The van der Waals surface area contributed by atoms with Gasteiger partial charge in [0.15, 0.2) is 5.82 Å². The van der Waals surface area contributed by atoms with Crippen LogP contribution in [0.2, 0.25) is 0 Å². The molecular weight excluding hydrogens is 463 g/mol. The lowest BCUT2D eigenvalue weighted by Crippen LogP contribution is -2.25. The molecule has 1 aliphatic rings. The molecule has 4 heterocycles. The molecule has 0 unspecified atom stereocenters. The van der Waals surface area contributed by atoms with Crippen molar-refractivity contribution in [2.45, 2.75) is 44.6 Å². The number of nitrogens with zero attached hydrogens (tertiary/aromatic N) is 7. The van der Waals surface area contributed by atoms with Crippen LogP contribution < -0.4 is 15.4 Å². The fraction of sp³-hybridized carbons (Fsp3) is 0.364. The second-order valence-corrected chi connectivity index (χ2v) is 8.29. The van der Waals surface area contributed by atoms with Crippen molar-refractivity contribution < 1.29 is 17.9 Å². The molecule has 1 atom stereocenters. The Morgan fingerprint density at radius 2 is 2.00 bits per heavy atom. The molecule has 0 aliphatic heterocycles. The second kappa shape index (κ2) is 9.31. The van der Waals surface area contributed by atoms with Gasteiger partial charge in [0.2, 0.25) is 11.8 Å². The van der Waals surface area contributed by atoms with Crippen LogP contribution in [-0.4, -0.2) is 59.6 Å². The Kier molecular flexibility index (Phi) is 6.05. The summed E-state index contributed by atoms with van der Waals surface area (Å²) in [5.74, 6) is 0.683. The molecule has 4 aromatic rings. The van der Waals surface area contributed by atoms with Crippen LogP contribution >= 0.6 is 0 Å². The van der Waals surface area contributed by atoms with Crippen LogP contribution in [0.15, 0.2) is 43.1 Å². The first-order valence-corrected chi connectivity index (χ1v) is 11.0. The van der Waals surface area contributed by atoms with Crippen LogP contribution in [0, 0.1) is 0 Å². The maximum Gasteiger partial charge on any atom is 0.405 e. The van der Waals surface area contributed by atoms with Crippen molar-refractivity contribution in [1.82, 2.24) is 34.7 Å². The number of anilines is 2. The zero-order valence-corrected chi connectivity index (χ0v) is 18.7. The highest BCUT2D eigenvalue weighted by Crippen LogP contribution is 2.29. The standard InChI is InChI=1S/C22H22F3N9O/c1-13(9-34-12-26-11-29-34)30-21-32-17-6-5-16(14-2-7-18(27-8-14)35-15-3-4-15)31-19(17)20(33-21)28-10-22(23,24)25/h2,5-8,11-13,15H,3-4,9-10H2,1H3,(H2,28,30,32,33)/t13-/m1/s1. The summed E-state index contributed by atoms with van der Waals surface area (Å²) < 4.78 is 46.2. The number of fused-ring (bicyclic) bond motifs is 1. The third-order valence-electron chi connectivity index (χ3n) is 5.15. The summed E-state index contributed by atoms with van der Waals surface area (Å²) in [6.07, 6.45) is 2.47. The summed E-state index contributed by atoms with van der Waals surface area (Å²) in [6, 6.07) is 6.83. The van der Waals surface area contributed by atoms with Crippen LogP contribution in [0.5, 0.6) is 5.88 Å². The van der Waals surface area contributed by atoms with Crippen molar-refractivity contribution in [1.29, 1.82) is 0 Å². The molecule has 1 saturated carbocycles. The smallest absolute Gasteiger partial charge is 0.405 e. The molecule has 0 bridgehead atoms. The fourth-order valence-corrected chi connectivity index (χ4v) is 3.38. The van der Waals surface area contributed by atoms with Crippen molar-refractivity contribution in [2.75, 3.05) is 17.2 Å². The lowest BCUT2D eigenvalue weighted by molar-refractivity contribution is -0.115. The average molecular weight is 485 g/mol. The Morgan fingerprint density at radius 3 is 2.69 bits per heavy atom. The van der Waals surface area contributed by atoms with Gasteiger partial charge >= 0.3 is 6.18 Å². The number of pyridine rings is 2. The SMILES string of the molecule is C[C@H](Cn1cncn1)Nc1nc(NCC(F)(F)F)c2nc(-c3ccc(OC4CC4)nc3)ccc2n1. The summed E-state index contributed by atoms with van der Waals surface area (Å²) in [6.45, 7) is 1.09. The second-order valence-electron chi connectivity index (χ2n) is 8.29. The summed E-state index contributed by atoms with van der Waals surface area (Å²) in [5.41, 5.74) is 1.84. The zero-order valence-electron chi connectivity index (χ0n) is 18.7. The summed E-state index contributed by atoms with van der Waals surface area (Å²) >= 11 is 0. The molecule has 0 saturated heterocycles. The van der Waals surface area contributed by atoms with Crippen molar-refractivity contribution >= 4 is 22.8 Å². The first kappa shape index (κ1) is 22.7. The topological polar surface area (TPSA) is 116 Å². The van der Waals surface area contributed by atoms with E-state index in [0.717, 1.165) is 12.8 Å². The Bertz CT molecular complexity index is 1290. The molecule has 1 aliphatic carbocycles. The third kappa shape index (κ3) is 5.91. The lowest BCUT2D eigenvalue weighted by atomic mass is 10.2. The molecule has 0 amide bonds. The summed E-state index contributed by atoms with van der Waals surface area (Å²) in [7, 11) is 0. The number of hydrogen-bond donors (Lipinski definition) is 2. The molecule has 4 aromatic heterocycles. The highest BCUT2D eigenvalue weighted by Gasteiger charge is 2.28. The van der Waals surface area contributed by atoms with E-state index in [1.54, 1.807) is 35.4 Å². The molecule has 5 rings (SSSR count). The minimum absolute atomic E-state index is 0.0220. The van der Waals surface area contributed by atoms with Crippen molar-refractivity contribution in [2.24, 2.45) is 0 Å². The fourth-order valence-electron chi connectivity index (χ4n) is 3.38. The zero-order chi connectivity index (χ0) is 24.4. The number of aromatic nitrogens is 7. The van der Waals surface area contributed by atoms with E-state index in [9.17, 15) is 13.2 Å². The van der Waals surface area contributed by atoms with E-state index >= 15 is 0 Å². The molecule has 10 nitrogen and oxygen atoms in total. The van der Waals surface area contributed by atoms with Gasteiger partial charge in [-0.1, -0.05) is 0 Å². The molecule has 2 N–H and O–H groups in total. The van der Waals surface area contributed by atoms with Crippen LogP contribution in [0.3, 0.4) is 0 Å². The van der Waals surface area contributed by atoms with Gasteiger partial charge in [-0.2, -0.15) is 23.3 Å². The van der Waals surface area contributed by atoms with E-state index in [1.165, 1.54) is 6.33 Å². The van der Waals surface area contributed by atoms with Gasteiger partial charge in [0.25, 0.3) is 0 Å². The average Bonchev–Trinajstić information content (AvgIpc) is 3.49. The highest BCUT2D eigenvalue weighted by molar-refractivity contribution is 5.88. The first-order valence-electron chi connectivity index (χ1n) is 11.0. The van der Waals surface area contributed by atoms with Gasteiger partial charge in [-0.15, -0.1) is 0 Å². The normalized spacial score (nSPS) is 14.6. The molecular formula is C22H22F3N9O. The molecule has 0 radical (unpaired) electrons. The number of nitrogens with one attached hydrogen (secondary N) is 2. The van der Waals surface area contributed by atoms with Gasteiger partial charge in [0.05, 0.1) is 17.8 Å². The monoisotopic (exact) mass is 485 g/mol. The van der Waals surface area contributed by atoms with E-state index < -0.39 is 12.7 Å². The molecule has 0 aromatic carbocycles. The number of ether oxygens (including phenoxy) is 1. The van der Waals surface area contributed by atoms with Gasteiger partial charge in [-0.3, -0.25) is 4.68 Å². The minimum Gasteiger partial charge on any atom is -0.474 e. The molecule has 0 spiro atoms. The van der Waals surface area contributed by atoms with E-state index in [2.05, 4.69) is 40.7 Å². The molecule has 13 heteroatoms. The number of rotatable bonds is 9. The first-order chi connectivity index (χ1) is 16.8. The Hall–Kier alpha value is -4.03. The predicted molar refractivity (Wildman–Crippen MR) is 122 cm³/mol. The number of alkyl halides is 3. The van der Waals surface area contributed by atoms with Crippen LogP contribution in [0.25, 0.3) is 22.3 Å². The number of hydrogen-bond acceptors (Lipinski definition) is 9. The highest BCUT2D eigenvalue weighted by atomic mass is 19.4. The maximum absolute atomic E-state index is 13.0. The van der Waals surface area contributed by atoms with Crippen LogP contribution in [-0.2, 0) is 6.54 Å². The Balaban J connectivity index is 1.43. The van der Waals surface area contributed by atoms with Crippen LogP contribution in [0.4, 0.5) is 24.9 Å². The quantitative estimate of drug-likeness (QED) is 0.366. The molecule has 1 fully saturated rings.